The molecule has 1 saturated heterocycles. The third-order valence-corrected chi connectivity index (χ3v) is 3.97. The van der Waals surface area contributed by atoms with Crippen molar-refractivity contribution < 1.29 is 19.4 Å². The van der Waals surface area contributed by atoms with Crippen molar-refractivity contribution in [3.8, 4) is 0 Å². The summed E-state index contributed by atoms with van der Waals surface area (Å²) in [5.74, 6) is 0.194. The minimum atomic E-state index is -0.869. The second kappa shape index (κ2) is 7.74. The number of pyridine rings is 1. The van der Waals surface area contributed by atoms with Gasteiger partial charge in [-0.15, -0.1) is 0 Å². The minimum absolute atomic E-state index is 0.0783. The van der Waals surface area contributed by atoms with Gasteiger partial charge in [0.2, 0.25) is 0 Å². The number of morpholine rings is 1. The Balaban J connectivity index is 1.74. The second-order valence-corrected chi connectivity index (χ2v) is 5.68. The van der Waals surface area contributed by atoms with Crippen molar-refractivity contribution in [2.75, 3.05) is 36.5 Å². The van der Waals surface area contributed by atoms with Crippen LogP contribution in [0, 0.1) is 20.2 Å². The van der Waals surface area contributed by atoms with Crippen LogP contribution in [0.4, 0.5) is 22.9 Å². The third-order valence-electron chi connectivity index (χ3n) is 3.97. The van der Waals surface area contributed by atoms with Gasteiger partial charge in [-0.2, -0.15) is 0 Å². The molecule has 1 aliphatic heterocycles. The Bertz CT molecular complexity index is 879. The molecule has 1 N–H and O–H groups in total. The fourth-order valence-corrected chi connectivity index (χ4v) is 2.60. The van der Waals surface area contributed by atoms with Crippen LogP contribution in [0.2, 0.25) is 0 Å². The van der Waals surface area contributed by atoms with Crippen LogP contribution in [0.15, 0.2) is 36.5 Å². The molecule has 0 aliphatic carbocycles. The van der Waals surface area contributed by atoms with Crippen molar-refractivity contribution in [2.24, 2.45) is 0 Å². The molecular formula is C16H15N5O6. The number of amides is 1. The van der Waals surface area contributed by atoms with Crippen molar-refractivity contribution in [3.63, 3.8) is 0 Å². The van der Waals surface area contributed by atoms with Gasteiger partial charge < -0.3 is 15.0 Å². The van der Waals surface area contributed by atoms with Crippen molar-refractivity contribution >= 4 is 28.8 Å². The summed E-state index contributed by atoms with van der Waals surface area (Å²) in [7, 11) is 0. The first-order valence-electron chi connectivity index (χ1n) is 7.98. The van der Waals surface area contributed by atoms with E-state index in [9.17, 15) is 25.0 Å². The first kappa shape index (κ1) is 18.2. The summed E-state index contributed by atoms with van der Waals surface area (Å²) >= 11 is 0. The van der Waals surface area contributed by atoms with E-state index in [4.69, 9.17) is 4.74 Å². The predicted molar refractivity (Wildman–Crippen MR) is 95.0 cm³/mol. The van der Waals surface area contributed by atoms with Crippen LogP contribution in [-0.2, 0) is 4.74 Å². The standard InChI is InChI=1S/C16H15N5O6/c22-16(11-1-4-15(17-10-11)19-5-7-27-8-6-19)18-12-2-3-13(20(23)24)14(9-12)21(25)26/h1-4,9-10H,5-8H2,(H,18,22). The number of rotatable bonds is 5. The van der Waals surface area contributed by atoms with E-state index in [1.807, 2.05) is 4.90 Å². The van der Waals surface area contributed by atoms with Crippen LogP contribution >= 0.6 is 0 Å². The summed E-state index contributed by atoms with van der Waals surface area (Å²) < 4.78 is 5.28. The molecule has 0 unspecified atom stereocenters. The van der Waals surface area contributed by atoms with E-state index in [0.717, 1.165) is 18.0 Å². The number of nitro groups is 2. The Labute approximate surface area is 152 Å². The number of carbonyl (C=O) groups is 1. The Morgan fingerprint density at radius 3 is 2.37 bits per heavy atom. The van der Waals surface area contributed by atoms with Crippen molar-refractivity contribution in [1.82, 2.24) is 4.98 Å². The normalized spacial score (nSPS) is 13.9. The Hall–Kier alpha value is -3.60. The van der Waals surface area contributed by atoms with E-state index in [-0.39, 0.29) is 11.3 Å². The van der Waals surface area contributed by atoms with Crippen LogP contribution in [0.25, 0.3) is 0 Å². The van der Waals surface area contributed by atoms with Gasteiger partial charge in [-0.25, -0.2) is 4.98 Å². The molecule has 0 bridgehead atoms. The molecule has 2 heterocycles. The molecular weight excluding hydrogens is 358 g/mol. The molecule has 1 amide bonds. The van der Waals surface area contributed by atoms with E-state index in [0.29, 0.717) is 26.3 Å². The number of nitrogens with one attached hydrogen (secondary N) is 1. The molecule has 0 radical (unpaired) electrons. The summed E-state index contributed by atoms with van der Waals surface area (Å²) in [5.41, 5.74) is -1.00. The molecule has 1 aromatic carbocycles. The number of anilines is 2. The topological polar surface area (TPSA) is 141 Å². The van der Waals surface area contributed by atoms with Gasteiger partial charge in [0.05, 0.1) is 28.6 Å². The maximum Gasteiger partial charge on any atom is 0.348 e. The Morgan fingerprint density at radius 1 is 1.07 bits per heavy atom. The lowest BCUT2D eigenvalue weighted by Gasteiger charge is -2.27. The highest BCUT2D eigenvalue weighted by Crippen LogP contribution is 2.29. The van der Waals surface area contributed by atoms with Gasteiger partial charge in [-0.05, 0) is 18.2 Å². The Morgan fingerprint density at radius 2 is 1.78 bits per heavy atom. The summed E-state index contributed by atoms with van der Waals surface area (Å²) in [5, 5.41) is 24.3. The van der Waals surface area contributed by atoms with Gasteiger partial charge in [-0.1, -0.05) is 0 Å². The molecule has 27 heavy (non-hydrogen) atoms. The average molecular weight is 373 g/mol. The zero-order chi connectivity index (χ0) is 19.4. The van der Waals surface area contributed by atoms with Gasteiger partial charge >= 0.3 is 11.4 Å². The number of aromatic nitrogens is 1. The van der Waals surface area contributed by atoms with Crippen LogP contribution in [0.5, 0.6) is 0 Å². The van der Waals surface area contributed by atoms with E-state index >= 15 is 0 Å². The lowest BCUT2D eigenvalue weighted by atomic mass is 10.2. The average Bonchev–Trinajstić information content (AvgIpc) is 2.68. The number of hydrogen-bond acceptors (Lipinski definition) is 8. The van der Waals surface area contributed by atoms with Crippen LogP contribution < -0.4 is 10.2 Å². The van der Waals surface area contributed by atoms with E-state index in [1.165, 1.54) is 12.3 Å². The summed E-state index contributed by atoms with van der Waals surface area (Å²) in [6.07, 6.45) is 1.40. The number of nitro benzene ring substituents is 2. The number of hydrogen-bond donors (Lipinski definition) is 1. The number of carbonyl (C=O) groups excluding carboxylic acids is 1. The SMILES string of the molecule is O=C(Nc1ccc([N+](=O)[O-])c([N+](=O)[O-])c1)c1ccc(N2CCOCC2)nc1. The molecule has 0 spiro atoms. The molecule has 140 valence electrons. The lowest BCUT2D eigenvalue weighted by molar-refractivity contribution is -0.422. The second-order valence-electron chi connectivity index (χ2n) is 5.68. The highest BCUT2D eigenvalue weighted by molar-refractivity contribution is 6.04. The maximum absolute atomic E-state index is 12.3. The Kier molecular flexibility index (Phi) is 5.22. The van der Waals surface area contributed by atoms with Crippen LogP contribution in [0.1, 0.15) is 10.4 Å². The molecule has 0 atom stereocenters. The largest absolute Gasteiger partial charge is 0.378 e. The van der Waals surface area contributed by atoms with E-state index in [2.05, 4.69) is 10.3 Å². The van der Waals surface area contributed by atoms with Gasteiger partial charge in [0, 0.05) is 37.1 Å². The fraction of sp³-hybridized carbons (Fsp3) is 0.250. The monoisotopic (exact) mass is 373 g/mol. The molecule has 1 aromatic heterocycles. The molecule has 11 nitrogen and oxygen atoms in total. The molecule has 1 fully saturated rings. The van der Waals surface area contributed by atoms with E-state index in [1.54, 1.807) is 12.1 Å². The lowest BCUT2D eigenvalue weighted by Crippen LogP contribution is -2.36. The zero-order valence-electron chi connectivity index (χ0n) is 14.0. The smallest absolute Gasteiger partial charge is 0.348 e. The van der Waals surface area contributed by atoms with Crippen molar-refractivity contribution in [1.29, 1.82) is 0 Å². The third kappa shape index (κ3) is 4.15. The van der Waals surface area contributed by atoms with Gasteiger partial charge in [0.15, 0.2) is 0 Å². The number of ether oxygens (including phenoxy) is 1. The van der Waals surface area contributed by atoms with Crippen molar-refractivity contribution in [2.45, 2.75) is 0 Å². The summed E-state index contributed by atoms with van der Waals surface area (Å²) in [6, 6.07) is 6.46. The number of benzene rings is 1. The molecule has 2 aromatic rings. The molecule has 0 saturated carbocycles. The highest BCUT2D eigenvalue weighted by atomic mass is 16.6. The minimum Gasteiger partial charge on any atom is -0.378 e. The number of nitrogens with zero attached hydrogens (tertiary/aromatic N) is 4. The van der Waals surface area contributed by atoms with Crippen LogP contribution in [0.3, 0.4) is 0 Å². The van der Waals surface area contributed by atoms with Crippen LogP contribution in [-0.4, -0.2) is 47.0 Å². The zero-order valence-corrected chi connectivity index (χ0v) is 14.0. The quantitative estimate of drug-likeness (QED) is 0.619. The predicted octanol–water partition coefficient (Wildman–Crippen LogP) is 1.99. The molecule has 1 aliphatic rings. The van der Waals surface area contributed by atoms with Gasteiger partial charge in [-0.3, -0.25) is 25.0 Å². The molecule has 11 heteroatoms. The van der Waals surface area contributed by atoms with Crippen molar-refractivity contribution in [3.05, 3.63) is 62.3 Å². The summed E-state index contributed by atoms with van der Waals surface area (Å²) in [6.45, 7) is 2.65. The highest BCUT2D eigenvalue weighted by Gasteiger charge is 2.24. The van der Waals surface area contributed by atoms with Gasteiger partial charge in [0.1, 0.15) is 5.82 Å². The fourth-order valence-electron chi connectivity index (χ4n) is 2.60. The van der Waals surface area contributed by atoms with E-state index < -0.39 is 27.1 Å². The van der Waals surface area contributed by atoms with Gasteiger partial charge in [0.25, 0.3) is 5.91 Å². The first-order chi connectivity index (χ1) is 13.0. The maximum atomic E-state index is 12.3. The first-order valence-corrected chi connectivity index (χ1v) is 7.98. The summed E-state index contributed by atoms with van der Waals surface area (Å²) in [4.78, 5) is 38.7. The molecule has 3 rings (SSSR count).